The number of hydrogen-bond acceptors (Lipinski definition) is 2. The summed E-state index contributed by atoms with van der Waals surface area (Å²) in [5, 5.41) is 15.8. The van der Waals surface area contributed by atoms with Crippen molar-refractivity contribution < 1.29 is 5.11 Å². The number of aromatic hydroxyl groups is 1. The van der Waals surface area contributed by atoms with E-state index >= 15 is 0 Å². The Morgan fingerprint density at radius 3 is 1.61 bits per heavy atom. The highest BCUT2D eigenvalue weighted by molar-refractivity contribution is 5.51. The van der Waals surface area contributed by atoms with Crippen LogP contribution in [-0.2, 0) is 13.1 Å². The predicted molar refractivity (Wildman–Crippen MR) is 149 cm³/mol. The fourth-order valence-corrected chi connectivity index (χ4v) is 9.67. The number of hydrogen-bond donors (Lipinski definition) is 2. The molecule has 0 radical (unpaired) electrons. The molecule has 194 valence electrons. The van der Waals surface area contributed by atoms with Crippen molar-refractivity contribution in [3.8, 4) is 5.75 Å². The van der Waals surface area contributed by atoms with E-state index in [1.165, 1.54) is 60.8 Å². The van der Waals surface area contributed by atoms with Crippen molar-refractivity contribution in [3.05, 3.63) is 64.7 Å². The Morgan fingerprint density at radius 1 is 0.722 bits per heavy atom. The van der Waals surface area contributed by atoms with Gasteiger partial charge >= 0.3 is 0 Å². The van der Waals surface area contributed by atoms with E-state index in [0.29, 0.717) is 28.4 Å². The maximum atomic E-state index is 12.0. The minimum atomic E-state index is 0.264. The molecule has 4 bridgehead atoms. The summed E-state index contributed by atoms with van der Waals surface area (Å²) < 4.78 is 0. The zero-order valence-corrected chi connectivity index (χ0v) is 23.5. The second kappa shape index (κ2) is 8.10. The highest BCUT2D eigenvalue weighted by atomic mass is 16.3. The van der Waals surface area contributed by atoms with Crippen molar-refractivity contribution in [1.82, 2.24) is 5.32 Å². The van der Waals surface area contributed by atoms with Crippen LogP contribution in [-0.4, -0.2) is 5.11 Å². The van der Waals surface area contributed by atoms with Crippen LogP contribution < -0.4 is 5.32 Å². The number of phenolic OH excluding ortho intramolecular Hbond substituents is 1. The van der Waals surface area contributed by atoms with E-state index in [9.17, 15) is 5.11 Å². The molecule has 4 aliphatic carbocycles. The highest BCUT2D eigenvalue weighted by Crippen LogP contribution is 2.74. The Hall–Kier alpha value is -1.80. The van der Waals surface area contributed by atoms with Crippen LogP contribution in [0.15, 0.2) is 42.5 Å². The van der Waals surface area contributed by atoms with Gasteiger partial charge in [-0.2, -0.15) is 0 Å². The molecule has 36 heavy (non-hydrogen) atoms. The summed E-state index contributed by atoms with van der Waals surface area (Å²) in [6.45, 7) is 16.7. The van der Waals surface area contributed by atoms with Gasteiger partial charge in [-0.1, -0.05) is 84.0 Å². The third-order valence-corrected chi connectivity index (χ3v) is 13.1. The average Bonchev–Trinajstić information content (AvgIpc) is 3.37. The van der Waals surface area contributed by atoms with E-state index in [1.54, 1.807) is 0 Å². The van der Waals surface area contributed by atoms with Crippen LogP contribution in [0.5, 0.6) is 5.75 Å². The molecule has 0 aromatic heterocycles. The lowest BCUT2D eigenvalue weighted by atomic mass is 9.63. The molecule has 0 saturated heterocycles. The standard InChI is InChI=1S/C34H47NO/c1-31(2)24-12-14-33(31,5)28(18-24)26-16-23(21-35-20-22-10-8-7-9-11-22)17-27(30(26)36)29-19-25-13-15-34(29,6)32(25,3)4/h7-11,16-17,24-25,28-29,35-36H,12-15,18-21H2,1-6H3/t24-,25+,28+,29-,33+,34-. The summed E-state index contributed by atoms with van der Waals surface area (Å²) in [6, 6.07) is 15.4. The Bertz CT molecular complexity index is 1080. The Kier molecular flexibility index (Phi) is 5.52. The minimum absolute atomic E-state index is 0.264. The molecule has 6 rings (SSSR count). The van der Waals surface area contributed by atoms with Gasteiger partial charge in [0.1, 0.15) is 5.75 Å². The van der Waals surface area contributed by atoms with Crippen LogP contribution in [0.25, 0.3) is 0 Å². The molecule has 6 atom stereocenters. The van der Waals surface area contributed by atoms with Crippen molar-refractivity contribution in [2.24, 2.45) is 33.5 Å². The molecule has 2 nitrogen and oxygen atoms in total. The van der Waals surface area contributed by atoms with Crippen LogP contribution in [0, 0.1) is 33.5 Å². The van der Waals surface area contributed by atoms with Gasteiger partial charge in [-0.3, -0.25) is 0 Å². The molecule has 0 amide bonds. The first kappa shape index (κ1) is 24.5. The second-order valence-electron chi connectivity index (χ2n) is 14.5. The first-order valence-electron chi connectivity index (χ1n) is 14.6. The molecular formula is C34H47NO. The largest absolute Gasteiger partial charge is 0.507 e. The lowest BCUT2D eigenvalue weighted by Crippen LogP contribution is -2.32. The van der Waals surface area contributed by atoms with E-state index in [1.807, 2.05) is 0 Å². The molecule has 4 fully saturated rings. The monoisotopic (exact) mass is 485 g/mol. The third-order valence-electron chi connectivity index (χ3n) is 13.1. The van der Waals surface area contributed by atoms with Crippen molar-refractivity contribution in [2.45, 2.75) is 105 Å². The molecule has 2 aromatic rings. The number of fused-ring (bicyclic) bond motifs is 4. The van der Waals surface area contributed by atoms with Crippen LogP contribution >= 0.6 is 0 Å². The van der Waals surface area contributed by atoms with Crippen molar-refractivity contribution in [3.63, 3.8) is 0 Å². The summed E-state index contributed by atoms with van der Waals surface area (Å²) in [5.41, 5.74) is 6.39. The molecular weight excluding hydrogens is 438 g/mol. The molecule has 0 heterocycles. The van der Waals surface area contributed by atoms with Crippen molar-refractivity contribution >= 4 is 0 Å². The highest BCUT2D eigenvalue weighted by Gasteiger charge is 2.63. The van der Waals surface area contributed by atoms with Gasteiger partial charge in [0.05, 0.1) is 0 Å². The van der Waals surface area contributed by atoms with Gasteiger partial charge in [0, 0.05) is 13.1 Å². The van der Waals surface area contributed by atoms with Gasteiger partial charge in [0.25, 0.3) is 0 Å². The summed E-state index contributed by atoms with van der Waals surface area (Å²) in [5.74, 6) is 3.10. The maximum absolute atomic E-state index is 12.0. The Labute approximate surface area is 219 Å². The SMILES string of the molecule is CC1(C)[C@@H]2CC[C@@]1(C)[C@H](c1cc(CNCc3ccccc3)cc([C@H]3C[C@@H]4CC[C@@]3(C)C4(C)C)c1O)C2. The predicted octanol–water partition coefficient (Wildman–Crippen LogP) is 8.54. The van der Waals surface area contributed by atoms with Crippen LogP contribution in [0.1, 0.15) is 114 Å². The van der Waals surface area contributed by atoms with Gasteiger partial charge < -0.3 is 10.4 Å². The lowest BCUT2D eigenvalue weighted by Gasteiger charge is -2.42. The second-order valence-corrected chi connectivity index (χ2v) is 14.5. The van der Waals surface area contributed by atoms with Gasteiger partial charge in [0.2, 0.25) is 0 Å². The summed E-state index contributed by atoms with van der Waals surface area (Å²) in [6.07, 6.45) is 7.74. The summed E-state index contributed by atoms with van der Waals surface area (Å²) >= 11 is 0. The van der Waals surface area contributed by atoms with Crippen LogP contribution in [0.3, 0.4) is 0 Å². The molecule has 4 saturated carbocycles. The van der Waals surface area contributed by atoms with Gasteiger partial charge in [-0.15, -0.1) is 0 Å². The molecule has 0 spiro atoms. The van der Waals surface area contributed by atoms with Crippen molar-refractivity contribution in [1.29, 1.82) is 0 Å². The number of benzene rings is 2. The molecule has 0 unspecified atom stereocenters. The van der Waals surface area contributed by atoms with Gasteiger partial charge in [-0.05, 0) is 106 Å². The topological polar surface area (TPSA) is 32.3 Å². The Morgan fingerprint density at radius 2 is 1.19 bits per heavy atom. The maximum Gasteiger partial charge on any atom is 0.122 e. The fourth-order valence-electron chi connectivity index (χ4n) is 9.67. The van der Waals surface area contributed by atoms with E-state index < -0.39 is 0 Å². The van der Waals surface area contributed by atoms with E-state index in [2.05, 4.69) is 89.3 Å². The van der Waals surface area contributed by atoms with Crippen molar-refractivity contribution in [2.75, 3.05) is 0 Å². The summed E-state index contributed by atoms with van der Waals surface area (Å²) in [7, 11) is 0. The average molecular weight is 486 g/mol. The number of rotatable bonds is 6. The quantitative estimate of drug-likeness (QED) is 0.429. The fraction of sp³-hybridized carbons (Fsp3) is 0.647. The summed E-state index contributed by atoms with van der Waals surface area (Å²) in [4.78, 5) is 0. The first-order valence-corrected chi connectivity index (χ1v) is 14.6. The molecule has 2 heteroatoms. The van der Waals surface area contributed by atoms with Gasteiger partial charge in [0.15, 0.2) is 0 Å². The van der Waals surface area contributed by atoms with Gasteiger partial charge in [-0.25, -0.2) is 0 Å². The third kappa shape index (κ3) is 3.25. The zero-order valence-electron chi connectivity index (χ0n) is 23.5. The number of nitrogens with one attached hydrogen (secondary N) is 1. The van der Waals surface area contributed by atoms with E-state index in [4.69, 9.17) is 0 Å². The molecule has 4 aliphatic rings. The normalized spacial score (nSPS) is 37.6. The lowest BCUT2D eigenvalue weighted by molar-refractivity contribution is 0.130. The van der Waals surface area contributed by atoms with Crippen LogP contribution in [0.4, 0.5) is 0 Å². The zero-order chi connectivity index (χ0) is 25.5. The smallest absolute Gasteiger partial charge is 0.122 e. The molecule has 2 aromatic carbocycles. The van der Waals surface area contributed by atoms with Crippen LogP contribution in [0.2, 0.25) is 0 Å². The minimum Gasteiger partial charge on any atom is -0.507 e. The Balaban J connectivity index is 1.38. The molecule has 2 N–H and O–H groups in total. The van der Waals surface area contributed by atoms with E-state index in [-0.39, 0.29) is 10.8 Å². The molecule has 0 aliphatic heterocycles. The number of phenols is 1. The first-order chi connectivity index (χ1) is 17.0. The van der Waals surface area contributed by atoms with E-state index in [0.717, 1.165) is 24.9 Å².